The molecule has 1 saturated heterocycles. The van der Waals surface area contributed by atoms with E-state index in [-0.39, 0.29) is 5.95 Å². The summed E-state index contributed by atoms with van der Waals surface area (Å²) in [5, 5.41) is 0.370. The van der Waals surface area contributed by atoms with Crippen molar-refractivity contribution in [1.82, 2.24) is 9.97 Å². The first-order valence-corrected chi connectivity index (χ1v) is 7.48. The number of para-hydroxylation sites is 2. The highest BCUT2D eigenvalue weighted by molar-refractivity contribution is 6.29. The number of methoxy groups -OCH3 is 1. The Morgan fingerprint density at radius 2 is 1.77 bits per heavy atom. The molecule has 1 aliphatic heterocycles. The largest absolute Gasteiger partial charge is 0.495 e. The van der Waals surface area contributed by atoms with E-state index in [0.29, 0.717) is 5.15 Å². The molecule has 2 heterocycles. The molecule has 1 aliphatic rings. The van der Waals surface area contributed by atoms with E-state index in [4.69, 9.17) is 22.1 Å². The van der Waals surface area contributed by atoms with Gasteiger partial charge in [0.1, 0.15) is 16.7 Å². The molecule has 116 valence electrons. The molecule has 0 amide bonds. The summed E-state index contributed by atoms with van der Waals surface area (Å²) in [6.45, 7) is 3.43. The average Bonchev–Trinajstić information content (AvgIpc) is 2.54. The fraction of sp³-hybridized carbons (Fsp3) is 0.333. The van der Waals surface area contributed by atoms with E-state index in [2.05, 4.69) is 25.8 Å². The Labute approximate surface area is 134 Å². The number of nitrogens with two attached hydrogens (primary N) is 1. The molecule has 0 atom stereocenters. The first kappa shape index (κ1) is 14.7. The van der Waals surface area contributed by atoms with Crippen LogP contribution in [0.4, 0.5) is 17.5 Å². The number of ether oxygens (including phenoxy) is 1. The van der Waals surface area contributed by atoms with Gasteiger partial charge in [-0.25, -0.2) is 4.98 Å². The van der Waals surface area contributed by atoms with Crippen molar-refractivity contribution in [2.45, 2.75) is 0 Å². The molecule has 7 heteroatoms. The van der Waals surface area contributed by atoms with E-state index in [0.717, 1.165) is 43.4 Å². The third-order valence-electron chi connectivity index (χ3n) is 3.73. The smallest absolute Gasteiger partial charge is 0.223 e. The number of hydrogen-bond acceptors (Lipinski definition) is 6. The minimum atomic E-state index is 0.203. The van der Waals surface area contributed by atoms with Gasteiger partial charge >= 0.3 is 0 Å². The number of aromatic nitrogens is 2. The van der Waals surface area contributed by atoms with Gasteiger partial charge in [0.15, 0.2) is 0 Å². The van der Waals surface area contributed by atoms with Gasteiger partial charge in [-0.1, -0.05) is 23.7 Å². The van der Waals surface area contributed by atoms with Crippen molar-refractivity contribution < 1.29 is 4.74 Å². The number of benzene rings is 1. The molecule has 0 spiro atoms. The number of rotatable bonds is 3. The predicted octanol–water partition coefficient (Wildman–Crippen LogP) is 2.05. The maximum absolute atomic E-state index is 5.95. The van der Waals surface area contributed by atoms with E-state index in [1.807, 2.05) is 18.2 Å². The molecule has 22 heavy (non-hydrogen) atoms. The van der Waals surface area contributed by atoms with Crippen LogP contribution in [0.5, 0.6) is 5.75 Å². The van der Waals surface area contributed by atoms with E-state index in [1.54, 1.807) is 13.2 Å². The van der Waals surface area contributed by atoms with Gasteiger partial charge in [-0.2, -0.15) is 4.98 Å². The molecule has 0 radical (unpaired) electrons. The molecular weight excluding hydrogens is 302 g/mol. The molecule has 1 fully saturated rings. The van der Waals surface area contributed by atoms with Gasteiger partial charge in [0, 0.05) is 32.2 Å². The van der Waals surface area contributed by atoms with Crippen molar-refractivity contribution in [2.75, 3.05) is 48.8 Å². The average molecular weight is 320 g/mol. The van der Waals surface area contributed by atoms with Gasteiger partial charge < -0.3 is 20.3 Å². The summed E-state index contributed by atoms with van der Waals surface area (Å²) in [4.78, 5) is 12.6. The third-order valence-corrected chi connectivity index (χ3v) is 3.92. The standard InChI is InChI=1S/C15H18ClN5O/c1-22-12-5-3-2-4-11(12)20-6-8-21(9-7-20)14-10-13(16)18-15(17)19-14/h2-5,10H,6-9H2,1H3,(H2,17,18,19). The molecular formula is C15H18ClN5O. The highest BCUT2D eigenvalue weighted by Gasteiger charge is 2.21. The Bertz CT molecular complexity index is 638. The van der Waals surface area contributed by atoms with Crippen molar-refractivity contribution in [1.29, 1.82) is 0 Å². The monoisotopic (exact) mass is 319 g/mol. The Morgan fingerprint density at radius 1 is 1.09 bits per heavy atom. The summed E-state index contributed by atoms with van der Waals surface area (Å²) in [5.74, 6) is 1.87. The van der Waals surface area contributed by atoms with Crippen LogP contribution in [-0.4, -0.2) is 43.3 Å². The SMILES string of the molecule is COc1ccccc1N1CCN(c2cc(Cl)nc(N)n2)CC1. The van der Waals surface area contributed by atoms with E-state index in [9.17, 15) is 0 Å². The molecule has 2 aromatic rings. The number of piperazine rings is 1. The van der Waals surface area contributed by atoms with Crippen molar-refractivity contribution in [2.24, 2.45) is 0 Å². The minimum Gasteiger partial charge on any atom is -0.495 e. The zero-order valence-corrected chi connectivity index (χ0v) is 13.1. The van der Waals surface area contributed by atoms with Crippen molar-refractivity contribution >= 4 is 29.1 Å². The Hall–Kier alpha value is -2.21. The highest BCUT2D eigenvalue weighted by atomic mass is 35.5. The van der Waals surface area contributed by atoms with Crippen LogP contribution in [0.1, 0.15) is 0 Å². The van der Waals surface area contributed by atoms with Gasteiger partial charge in [-0.3, -0.25) is 0 Å². The van der Waals surface area contributed by atoms with Crippen LogP contribution in [-0.2, 0) is 0 Å². The molecule has 0 saturated carbocycles. The fourth-order valence-electron chi connectivity index (χ4n) is 2.65. The normalized spacial score (nSPS) is 15.0. The molecule has 0 aliphatic carbocycles. The first-order valence-electron chi connectivity index (χ1n) is 7.10. The molecule has 0 unspecified atom stereocenters. The summed E-state index contributed by atoms with van der Waals surface area (Å²) >= 11 is 5.95. The van der Waals surface area contributed by atoms with Crippen LogP contribution in [0.2, 0.25) is 5.15 Å². The molecule has 1 aromatic heterocycles. The predicted molar refractivity (Wildman–Crippen MR) is 88.9 cm³/mol. The molecule has 2 N–H and O–H groups in total. The molecule has 1 aromatic carbocycles. The number of nitrogen functional groups attached to an aromatic ring is 1. The fourth-order valence-corrected chi connectivity index (χ4v) is 2.84. The minimum absolute atomic E-state index is 0.203. The summed E-state index contributed by atoms with van der Waals surface area (Å²) in [6.07, 6.45) is 0. The lowest BCUT2D eigenvalue weighted by Crippen LogP contribution is -2.47. The summed E-state index contributed by atoms with van der Waals surface area (Å²) < 4.78 is 5.43. The summed E-state index contributed by atoms with van der Waals surface area (Å²) in [5.41, 5.74) is 6.78. The van der Waals surface area contributed by atoms with Crippen LogP contribution in [0.3, 0.4) is 0 Å². The van der Waals surface area contributed by atoms with Gasteiger partial charge in [-0.05, 0) is 12.1 Å². The Balaban J connectivity index is 1.72. The van der Waals surface area contributed by atoms with E-state index >= 15 is 0 Å². The lowest BCUT2D eigenvalue weighted by molar-refractivity contribution is 0.413. The maximum atomic E-state index is 5.95. The van der Waals surface area contributed by atoms with Crippen molar-refractivity contribution in [3.63, 3.8) is 0 Å². The number of hydrogen-bond donors (Lipinski definition) is 1. The summed E-state index contributed by atoms with van der Waals surface area (Å²) in [6, 6.07) is 9.80. The second-order valence-corrected chi connectivity index (χ2v) is 5.44. The Kier molecular flexibility index (Phi) is 4.20. The van der Waals surface area contributed by atoms with Gasteiger partial charge in [0.25, 0.3) is 0 Å². The highest BCUT2D eigenvalue weighted by Crippen LogP contribution is 2.29. The number of nitrogens with zero attached hydrogens (tertiary/aromatic N) is 4. The van der Waals surface area contributed by atoms with E-state index < -0.39 is 0 Å². The quantitative estimate of drug-likeness (QED) is 0.873. The third kappa shape index (κ3) is 3.01. The van der Waals surface area contributed by atoms with Crippen LogP contribution in [0.15, 0.2) is 30.3 Å². The zero-order chi connectivity index (χ0) is 15.5. The van der Waals surface area contributed by atoms with Crippen molar-refractivity contribution in [3.05, 3.63) is 35.5 Å². The Morgan fingerprint density at radius 3 is 2.45 bits per heavy atom. The van der Waals surface area contributed by atoms with Gasteiger partial charge in [0.2, 0.25) is 5.95 Å². The first-order chi connectivity index (χ1) is 10.7. The van der Waals surface area contributed by atoms with Crippen LogP contribution in [0.25, 0.3) is 0 Å². The lowest BCUT2D eigenvalue weighted by atomic mass is 10.2. The van der Waals surface area contributed by atoms with Crippen LogP contribution < -0.4 is 20.3 Å². The number of halogens is 1. The van der Waals surface area contributed by atoms with E-state index in [1.165, 1.54) is 0 Å². The van der Waals surface area contributed by atoms with Crippen LogP contribution >= 0.6 is 11.6 Å². The summed E-state index contributed by atoms with van der Waals surface area (Å²) in [7, 11) is 1.70. The second-order valence-electron chi connectivity index (χ2n) is 5.05. The topological polar surface area (TPSA) is 67.5 Å². The maximum Gasteiger partial charge on any atom is 0.223 e. The van der Waals surface area contributed by atoms with Gasteiger partial charge in [0.05, 0.1) is 12.8 Å². The molecule has 3 rings (SSSR count). The second kappa shape index (κ2) is 6.27. The molecule has 0 bridgehead atoms. The number of anilines is 3. The van der Waals surface area contributed by atoms with Crippen LogP contribution in [0, 0.1) is 0 Å². The van der Waals surface area contributed by atoms with Crippen molar-refractivity contribution in [3.8, 4) is 5.75 Å². The van der Waals surface area contributed by atoms with Gasteiger partial charge in [-0.15, -0.1) is 0 Å². The zero-order valence-electron chi connectivity index (χ0n) is 12.4. The molecule has 6 nitrogen and oxygen atoms in total. The lowest BCUT2D eigenvalue weighted by Gasteiger charge is -2.37.